The Morgan fingerprint density at radius 1 is 1.00 bits per heavy atom. The van der Waals surface area contributed by atoms with E-state index in [-0.39, 0.29) is 0 Å². The molecule has 0 radical (unpaired) electrons. The second kappa shape index (κ2) is 8.89. The molecule has 1 unspecified atom stereocenters. The molecule has 13 heavy (non-hydrogen) atoms. The predicted molar refractivity (Wildman–Crippen MR) is 64.3 cm³/mol. The van der Waals surface area contributed by atoms with Gasteiger partial charge in [-0.05, 0) is 43.6 Å². The Morgan fingerprint density at radius 2 is 1.69 bits per heavy atom. The summed E-state index contributed by atoms with van der Waals surface area (Å²) in [6.45, 7) is 6.67. The highest BCUT2D eigenvalue weighted by molar-refractivity contribution is 7.99. The number of nitrogens with two attached hydrogens (primary N) is 1. The summed E-state index contributed by atoms with van der Waals surface area (Å²) in [6, 6.07) is 0.390. The Morgan fingerprint density at radius 3 is 2.23 bits per heavy atom. The third kappa shape index (κ3) is 12.3. The molecule has 0 amide bonds. The van der Waals surface area contributed by atoms with Crippen LogP contribution in [0.3, 0.4) is 0 Å². The van der Waals surface area contributed by atoms with Gasteiger partial charge in [0.25, 0.3) is 0 Å². The summed E-state index contributed by atoms with van der Waals surface area (Å²) in [5.41, 5.74) is 5.67. The van der Waals surface area contributed by atoms with E-state index in [4.69, 9.17) is 5.73 Å². The van der Waals surface area contributed by atoms with E-state index in [2.05, 4.69) is 32.5 Å². The lowest BCUT2D eigenvalue weighted by Crippen LogP contribution is -2.14. The molecule has 0 fully saturated rings. The average molecular weight is 203 g/mol. The Labute approximate surface area is 87.9 Å². The summed E-state index contributed by atoms with van der Waals surface area (Å²) < 4.78 is 0. The topological polar surface area (TPSA) is 26.0 Å². The largest absolute Gasteiger partial charge is 0.328 e. The van der Waals surface area contributed by atoms with E-state index in [1.165, 1.54) is 37.2 Å². The van der Waals surface area contributed by atoms with E-state index in [1.807, 2.05) is 0 Å². The Bertz CT molecular complexity index is 90.3. The van der Waals surface area contributed by atoms with Gasteiger partial charge in [0.05, 0.1) is 0 Å². The molecule has 0 aromatic carbocycles. The van der Waals surface area contributed by atoms with Crippen LogP contribution in [0.4, 0.5) is 0 Å². The smallest absolute Gasteiger partial charge is 0.00104 e. The molecule has 0 rings (SSSR count). The summed E-state index contributed by atoms with van der Waals surface area (Å²) in [6.07, 6.45) is 5.18. The van der Waals surface area contributed by atoms with Crippen LogP contribution in [0.15, 0.2) is 0 Å². The molecule has 0 aromatic rings. The van der Waals surface area contributed by atoms with Crippen molar-refractivity contribution in [2.75, 3.05) is 11.5 Å². The van der Waals surface area contributed by atoms with Crippen LogP contribution in [-0.2, 0) is 0 Å². The molecule has 0 bridgehead atoms. The SMILES string of the molecule is CC(C)CCSCCCCC(C)N. The lowest BCUT2D eigenvalue weighted by molar-refractivity contribution is 0.616. The van der Waals surface area contributed by atoms with Gasteiger partial charge in [0.1, 0.15) is 0 Å². The first-order valence-electron chi connectivity index (χ1n) is 5.46. The molecular weight excluding hydrogens is 178 g/mol. The van der Waals surface area contributed by atoms with Gasteiger partial charge in [-0.3, -0.25) is 0 Å². The minimum atomic E-state index is 0.390. The minimum Gasteiger partial charge on any atom is -0.328 e. The summed E-state index contributed by atoms with van der Waals surface area (Å²) >= 11 is 2.09. The molecule has 0 heterocycles. The van der Waals surface area contributed by atoms with Crippen LogP contribution in [0.5, 0.6) is 0 Å². The lowest BCUT2D eigenvalue weighted by Gasteiger charge is -2.05. The van der Waals surface area contributed by atoms with E-state index >= 15 is 0 Å². The van der Waals surface area contributed by atoms with Gasteiger partial charge in [-0.1, -0.05) is 20.3 Å². The molecular formula is C11H25NS. The average Bonchev–Trinajstić information content (AvgIpc) is 2.01. The van der Waals surface area contributed by atoms with Crippen LogP contribution in [0.2, 0.25) is 0 Å². The number of hydrogen-bond acceptors (Lipinski definition) is 2. The molecule has 0 aliphatic rings. The lowest BCUT2D eigenvalue weighted by atomic mass is 10.2. The number of unbranched alkanes of at least 4 members (excludes halogenated alkanes) is 1. The van der Waals surface area contributed by atoms with Crippen molar-refractivity contribution >= 4 is 11.8 Å². The molecule has 80 valence electrons. The van der Waals surface area contributed by atoms with E-state index < -0.39 is 0 Å². The zero-order valence-corrected chi connectivity index (χ0v) is 10.2. The fourth-order valence-electron chi connectivity index (χ4n) is 1.09. The van der Waals surface area contributed by atoms with Gasteiger partial charge >= 0.3 is 0 Å². The quantitative estimate of drug-likeness (QED) is 0.613. The molecule has 2 heteroatoms. The molecule has 1 nitrogen and oxygen atoms in total. The third-order valence-corrected chi connectivity index (χ3v) is 3.14. The maximum Gasteiger partial charge on any atom is 0.00104 e. The van der Waals surface area contributed by atoms with Gasteiger partial charge in [-0.2, -0.15) is 11.8 Å². The minimum absolute atomic E-state index is 0.390. The second-order valence-corrected chi connectivity index (χ2v) is 5.49. The first-order valence-corrected chi connectivity index (χ1v) is 6.61. The van der Waals surface area contributed by atoms with Gasteiger partial charge in [0.15, 0.2) is 0 Å². The van der Waals surface area contributed by atoms with Crippen molar-refractivity contribution in [1.82, 2.24) is 0 Å². The van der Waals surface area contributed by atoms with Crippen molar-refractivity contribution in [2.45, 2.75) is 52.5 Å². The van der Waals surface area contributed by atoms with Gasteiger partial charge in [-0.15, -0.1) is 0 Å². The standard InChI is InChI=1S/C11H25NS/c1-10(2)7-9-13-8-5-4-6-11(3)12/h10-11H,4-9,12H2,1-3H3. The van der Waals surface area contributed by atoms with Crippen molar-refractivity contribution in [3.8, 4) is 0 Å². The van der Waals surface area contributed by atoms with Crippen molar-refractivity contribution in [3.05, 3.63) is 0 Å². The van der Waals surface area contributed by atoms with Gasteiger partial charge in [0, 0.05) is 6.04 Å². The maximum atomic E-state index is 5.67. The molecule has 0 aliphatic carbocycles. The highest BCUT2D eigenvalue weighted by Gasteiger charge is 1.96. The Kier molecular flexibility index (Phi) is 9.10. The third-order valence-electron chi connectivity index (χ3n) is 2.04. The van der Waals surface area contributed by atoms with Gasteiger partial charge in [0.2, 0.25) is 0 Å². The van der Waals surface area contributed by atoms with Crippen molar-refractivity contribution < 1.29 is 0 Å². The number of hydrogen-bond donors (Lipinski definition) is 1. The molecule has 0 saturated heterocycles. The molecule has 0 spiro atoms. The fraction of sp³-hybridized carbons (Fsp3) is 1.00. The second-order valence-electron chi connectivity index (χ2n) is 4.27. The fourth-order valence-corrected chi connectivity index (χ4v) is 2.34. The molecule has 0 saturated carbocycles. The van der Waals surface area contributed by atoms with Crippen molar-refractivity contribution in [1.29, 1.82) is 0 Å². The van der Waals surface area contributed by atoms with Gasteiger partial charge in [-0.25, -0.2) is 0 Å². The zero-order chi connectivity index (χ0) is 10.1. The first kappa shape index (κ1) is 13.3. The zero-order valence-electron chi connectivity index (χ0n) is 9.38. The maximum absolute atomic E-state index is 5.67. The highest BCUT2D eigenvalue weighted by atomic mass is 32.2. The van der Waals surface area contributed by atoms with Crippen LogP contribution >= 0.6 is 11.8 Å². The normalized spacial score (nSPS) is 13.6. The summed E-state index contributed by atoms with van der Waals surface area (Å²) in [5, 5.41) is 0. The predicted octanol–water partition coefficient (Wildman–Crippen LogP) is 3.28. The molecule has 1 atom stereocenters. The molecule has 2 N–H and O–H groups in total. The summed E-state index contributed by atoms with van der Waals surface area (Å²) in [5.74, 6) is 3.51. The van der Waals surface area contributed by atoms with Crippen molar-refractivity contribution in [2.24, 2.45) is 11.7 Å². The Balaban J connectivity index is 2.92. The summed E-state index contributed by atoms with van der Waals surface area (Å²) in [7, 11) is 0. The van der Waals surface area contributed by atoms with Crippen LogP contribution in [-0.4, -0.2) is 17.5 Å². The van der Waals surface area contributed by atoms with Crippen LogP contribution in [0, 0.1) is 5.92 Å². The Hall–Kier alpha value is 0.310. The van der Waals surface area contributed by atoms with E-state index in [0.29, 0.717) is 6.04 Å². The monoisotopic (exact) mass is 203 g/mol. The number of thioether (sulfide) groups is 1. The van der Waals surface area contributed by atoms with Crippen LogP contribution in [0.1, 0.15) is 46.5 Å². The van der Waals surface area contributed by atoms with Crippen LogP contribution in [0.25, 0.3) is 0 Å². The van der Waals surface area contributed by atoms with E-state index in [1.54, 1.807) is 0 Å². The highest BCUT2D eigenvalue weighted by Crippen LogP contribution is 2.11. The number of rotatable bonds is 8. The van der Waals surface area contributed by atoms with E-state index in [9.17, 15) is 0 Å². The summed E-state index contributed by atoms with van der Waals surface area (Å²) in [4.78, 5) is 0. The van der Waals surface area contributed by atoms with Crippen molar-refractivity contribution in [3.63, 3.8) is 0 Å². The van der Waals surface area contributed by atoms with Gasteiger partial charge < -0.3 is 5.73 Å². The van der Waals surface area contributed by atoms with E-state index in [0.717, 1.165) is 5.92 Å². The first-order chi connectivity index (χ1) is 6.13. The molecule has 0 aromatic heterocycles. The molecule has 0 aliphatic heterocycles. The van der Waals surface area contributed by atoms with Crippen LogP contribution < -0.4 is 5.73 Å².